The normalized spacial score (nSPS) is 12.0. The van der Waals surface area contributed by atoms with Crippen molar-refractivity contribution in [1.82, 2.24) is 0 Å². The van der Waals surface area contributed by atoms with E-state index in [4.69, 9.17) is 9.47 Å². The molecule has 200 valence electrons. The predicted molar refractivity (Wildman–Crippen MR) is 159 cm³/mol. The van der Waals surface area contributed by atoms with Crippen molar-refractivity contribution in [2.75, 3.05) is 13.2 Å². The number of rotatable bonds is 18. The second-order valence-corrected chi connectivity index (χ2v) is 10.2. The Labute approximate surface area is 226 Å². The molecule has 37 heavy (non-hydrogen) atoms. The van der Waals surface area contributed by atoms with Crippen LogP contribution in [0.15, 0.2) is 72.8 Å². The molecule has 0 spiro atoms. The molecule has 0 fully saturated rings. The van der Waals surface area contributed by atoms with Gasteiger partial charge in [-0.25, -0.2) is 0 Å². The Hall–Kier alpha value is -2.58. The predicted octanol–water partition coefficient (Wildman–Crippen LogP) is 10.8. The maximum absolute atomic E-state index is 6.07. The largest absolute Gasteiger partial charge is 0.494 e. The summed E-state index contributed by atoms with van der Waals surface area (Å²) in [7, 11) is 0. The first kappa shape index (κ1) is 29.0. The Morgan fingerprint density at radius 1 is 0.541 bits per heavy atom. The van der Waals surface area contributed by atoms with E-state index in [0.29, 0.717) is 0 Å². The van der Waals surface area contributed by atoms with Gasteiger partial charge in [0.2, 0.25) is 0 Å². The molecule has 0 saturated heterocycles. The van der Waals surface area contributed by atoms with Gasteiger partial charge in [0.05, 0.1) is 12.7 Å². The molecule has 1 unspecified atom stereocenters. The zero-order valence-electron chi connectivity index (χ0n) is 23.5. The molecule has 0 aliphatic heterocycles. The summed E-state index contributed by atoms with van der Waals surface area (Å²) in [4.78, 5) is 0. The minimum Gasteiger partial charge on any atom is -0.494 e. The van der Waals surface area contributed by atoms with Crippen LogP contribution in [0.3, 0.4) is 0 Å². The lowest BCUT2D eigenvalue weighted by Gasteiger charge is -2.15. The summed E-state index contributed by atoms with van der Waals surface area (Å²) in [6.45, 7) is 8.30. The molecule has 2 heteroatoms. The van der Waals surface area contributed by atoms with E-state index in [1.165, 1.54) is 85.6 Å². The Kier molecular flexibility index (Phi) is 13.3. The van der Waals surface area contributed by atoms with Crippen LogP contribution < -0.4 is 4.74 Å². The third-order valence-electron chi connectivity index (χ3n) is 7.17. The van der Waals surface area contributed by atoms with Crippen LogP contribution >= 0.6 is 0 Å². The molecule has 0 radical (unpaired) electrons. The summed E-state index contributed by atoms with van der Waals surface area (Å²) in [5, 5.41) is 0. The van der Waals surface area contributed by atoms with E-state index in [1.54, 1.807) is 0 Å². The van der Waals surface area contributed by atoms with Crippen molar-refractivity contribution in [1.29, 1.82) is 0 Å². The zero-order chi connectivity index (χ0) is 26.1. The monoisotopic (exact) mass is 500 g/mol. The van der Waals surface area contributed by atoms with Gasteiger partial charge in [0, 0.05) is 6.61 Å². The first-order valence-electron chi connectivity index (χ1n) is 14.8. The fourth-order valence-corrected chi connectivity index (χ4v) is 4.79. The highest BCUT2D eigenvalue weighted by Gasteiger charge is 2.10. The molecule has 2 nitrogen and oxygen atoms in total. The molecular weight excluding hydrogens is 452 g/mol. The van der Waals surface area contributed by atoms with Crippen molar-refractivity contribution in [3.63, 3.8) is 0 Å². The maximum Gasteiger partial charge on any atom is 0.119 e. The third kappa shape index (κ3) is 10.0. The number of benzene rings is 3. The van der Waals surface area contributed by atoms with Gasteiger partial charge in [0.1, 0.15) is 5.75 Å². The standard InChI is InChI=1S/C35H48O2/c1-4-6-8-10-11-12-16-28-37-33-25-23-32(24-26-33)35-18-14-13-17-34(35)31-21-19-30(20-22-31)29(3)36-27-15-9-7-5-2/h13-14,17-26,29H,4-12,15-16,27-28H2,1-3H3. The Balaban J connectivity index is 1.54. The van der Waals surface area contributed by atoms with E-state index in [1.807, 2.05) is 0 Å². The zero-order valence-corrected chi connectivity index (χ0v) is 23.5. The molecule has 0 aromatic heterocycles. The van der Waals surface area contributed by atoms with E-state index in [-0.39, 0.29) is 6.10 Å². The summed E-state index contributed by atoms with van der Waals surface area (Å²) in [5.41, 5.74) is 6.17. The van der Waals surface area contributed by atoms with E-state index < -0.39 is 0 Å². The molecule has 0 saturated carbocycles. The molecule has 3 aromatic rings. The fourth-order valence-electron chi connectivity index (χ4n) is 4.79. The van der Waals surface area contributed by atoms with Crippen molar-refractivity contribution in [2.24, 2.45) is 0 Å². The minimum atomic E-state index is 0.125. The van der Waals surface area contributed by atoms with Gasteiger partial charge in [0.25, 0.3) is 0 Å². The Bertz CT molecular complexity index is 991. The van der Waals surface area contributed by atoms with Crippen LogP contribution in [0.1, 0.15) is 103 Å². The maximum atomic E-state index is 6.07. The van der Waals surface area contributed by atoms with Gasteiger partial charge < -0.3 is 9.47 Å². The van der Waals surface area contributed by atoms with Crippen LogP contribution in [0.2, 0.25) is 0 Å². The van der Waals surface area contributed by atoms with Gasteiger partial charge in [-0.2, -0.15) is 0 Å². The smallest absolute Gasteiger partial charge is 0.119 e. The lowest BCUT2D eigenvalue weighted by Crippen LogP contribution is -2.01. The van der Waals surface area contributed by atoms with Crippen LogP contribution in [0, 0.1) is 0 Å². The van der Waals surface area contributed by atoms with Crippen molar-refractivity contribution < 1.29 is 9.47 Å². The molecule has 1 atom stereocenters. The summed E-state index contributed by atoms with van der Waals surface area (Å²) in [5.74, 6) is 0.959. The van der Waals surface area contributed by atoms with Crippen molar-refractivity contribution in [2.45, 2.75) is 97.5 Å². The van der Waals surface area contributed by atoms with Crippen molar-refractivity contribution >= 4 is 0 Å². The molecule has 3 rings (SSSR count). The average molecular weight is 501 g/mol. The van der Waals surface area contributed by atoms with E-state index in [2.05, 4.69) is 93.6 Å². The lowest BCUT2D eigenvalue weighted by atomic mass is 9.94. The van der Waals surface area contributed by atoms with Gasteiger partial charge in [-0.15, -0.1) is 0 Å². The molecular formula is C35H48O2. The number of hydrogen-bond donors (Lipinski definition) is 0. The second kappa shape index (κ2) is 17.0. The molecule has 3 aromatic carbocycles. The quantitative estimate of drug-likeness (QED) is 0.162. The highest BCUT2D eigenvalue weighted by atomic mass is 16.5. The number of hydrogen-bond acceptors (Lipinski definition) is 2. The van der Waals surface area contributed by atoms with E-state index >= 15 is 0 Å². The molecule has 0 amide bonds. The first-order valence-corrected chi connectivity index (χ1v) is 14.8. The third-order valence-corrected chi connectivity index (χ3v) is 7.17. The topological polar surface area (TPSA) is 18.5 Å². The summed E-state index contributed by atoms with van der Waals surface area (Å²) < 4.78 is 12.1. The van der Waals surface area contributed by atoms with Crippen molar-refractivity contribution in [3.8, 4) is 28.0 Å². The Morgan fingerprint density at radius 3 is 1.62 bits per heavy atom. The van der Waals surface area contributed by atoms with Crippen molar-refractivity contribution in [3.05, 3.63) is 78.4 Å². The Morgan fingerprint density at radius 2 is 1.03 bits per heavy atom. The van der Waals surface area contributed by atoms with Gasteiger partial charge in [-0.3, -0.25) is 0 Å². The summed E-state index contributed by atoms with van der Waals surface area (Å²) in [6, 6.07) is 26.1. The molecule has 0 heterocycles. The SMILES string of the molecule is CCCCCCCCCOc1ccc(-c2ccccc2-c2ccc(C(C)OCCCCCC)cc2)cc1. The van der Waals surface area contributed by atoms with Gasteiger partial charge >= 0.3 is 0 Å². The highest BCUT2D eigenvalue weighted by Crippen LogP contribution is 2.33. The molecule has 0 bridgehead atoms. The summed E-state index contributed by atoms with van der Waals surface area (Å²) in [6.07, 6.45) is 14.2. The van der Waals surface area contributed by atoms with Gasteiger partial charge in [-0.05, 0) is 59.7 Å². The highest BCUT2D eigenvalue weighted by molar-refractivity contribution is 5.83. The second-order valence-electron chi connectivity index (χ2n) is 10.2. The summed E-state index contributed by atoms with van der Waals surface area (Å²) >= 11 is 0. The number of unbranched alkanes of at least 4 members (excludes halogenated alkanes) is 9. The van der Waals surface area contributed by atoms with E-state index in [0.717, 1.165) is 31.8 Å². The molecule has 0 aliphatic carbocycles. The van der Waals surface area contributed by atoms with Crippen LogP contribution in [-0.4, -0.2) is 13.2 Å². The van der Waals surface area contributed by atoms with Crippen LogP contribution in [0.5, 0.6) is 5.75 Å². The molecule has 0 N–H and O–H groups in total. The van der Waals surface area contributed by atoms with Crippen LogP contribution in [-0.2, 0) is 4.74 Å². The average Bonchev–Trinajstić information content (AvgIpc) is 2.95. The molecule has 0 aliphatic rings. The van der Waals surface area contributed by atoms with Gasteiger partial charge in [0.15, 0.2) is 0 Å². The number of ether oxygens (including phenoxy) is 2. The minimum absolute atomic E-state index is 0.125. The van der Waals surface area contributed by atoms with Gasteiger partial charge in [-0.1, -0.05) is 132 Å². The van der Waals surface area contributed by atoms with Crippen LogP contribution in [0.25, 0.3) is 22.3 Å². The first-order chi connectivity index (χ1) is 18.2. The van der Waals surface area contributed by atoms with Crippen LogP contribution in [0.4, 0.5) is 0 Å². The fraction of sp³-hybridized carbons (Fsp3) is 0.486. The lowest BCUT2D eigenvalue weighted by molar-refractivity contribution is 0.0628. The van der Waals surface area contributed by atoms with E-state index in [9.17, 15) is 0 Å².